The number of nitrogens with one attached hydrogen (secondary N) is 2. The maximum absolute atomic E-state index is 5.19. The average molecular weight is 167 g/mol. The molecule has 0 saturated heterocycles. The summed E-state index contributed by atoms with van der Waals surface area (Å²) in [5.41, 5.74) is 4.36. The molecule has 0 aromatic carbocycles. The molecule has 0 fully saturated rings. The van der Waals surface area contributed by atoms with Crippen LogP contribution in [0.25, 0.3) is 0 Å². The highest BCUT2D eigenvalue weighted by Crippen LogP contribution is 2.15. The number of aromatic nitrogens is 2. The number of nitrogens with two attached hydrogens (primary N) is 1. The Morgan fingerprint density at radius 1 is 1.25 bits per heavy atom. The third kappa shape index (κ3) is 1.45. The third-order valence-electron chi connectivity index (χ3n) is 1.76. The van der Waals surface area contributed by atoms with Crippen LogP contribution < -0.4 is 16.6 Å². The summed E-state index contributed by atoms with van der Waals surface area (Å²) in [6.45, 7) is 3.88. The lowest BCUT2D eigenvalue weighted by Crippen LogP contribution is -2.13. The molecule has 0 aliphatic carbocycles. The van der Waals surface area contributed by atoms with Crippen LogP contribution in [0.5, 0.6) is 0 Å². The molecule has 0 unspecified atom stereocenters. The lowest BCUT2D eigenvalue weighted by atomic mass is 10.2. The van der Waals surface area contributed by atoms with Gasteiger partial charge in [-0.3, -0.25) is 5.43 Å². The number of nitrogen functional groups attached to an aromatic ring is 1. The van der Waals surface area contributed by atoms with Crippen molar-refractivity contribution < 1.29 is 0 Å². The molecule has 4 N–H and O–H groups in total. The van der Waals surface area contributed by atoms with Crippen molar-refractivity contribution in [2.24, 2.45) is 5.84 Å². The zero-order chi connectivity index (χ0) is 9.14. The molecule has 5 heteroatoms. The second-order valence-corrected chi connectivity index (χ2v) is 2.50. The summed E-state index contributed by atoms with van der Waals surface area (Å²) in [5, 5.41) is 2.96. The van der Waals surface area contributed by atoms with Crippen molar-refractivity contribution in [3.8, 4) is 0 Å². The molecule has 1 aromatic heterocycles. The Bertz CT molecular complexity index is 283. The summed E-state index contributed by atoms with van der Waals surface area (Å²) in [5.74, 6) is 6.42. The Morgan fingerprint density at radius 2 is 1.92 bits per heavy atom. The van der Waals surface area contributed by atoms with Crippen molar-refractivity contribution in [1.29, 1.82) is 0 Å². The van der Waals surface area contributed by atoms with Gasteiger partial charge in [-0.25, -0.2) is 10.8 Å². The molecule has 0 saturated carbocycles. The minimum Gasteiger partial charge on any atom is -0.373 e. The van der Waals surface area contributed by atoms with E-state index in [0.29, 0.717) is 5.95 Å². The van der Waals surface area contributed by atoms with Gasteiger partial charge in [-0.05, 0) is 13.8 Å². The molecule has 1 rings (SSSR count). The first-order chi connectivity index (χ1) is 5.69. The molecule has 0 aliphatic rings. The summed E-state index contributed by atoms with van der Waals surface area (Å²) in [6, 6.07) is 0. The Labute approximate surface area is 71.4 Å². The van der Waals surface area contributed by atoms with Gasteiger partial charge >= 0.3 is 0 Å². The molecular formula is C7H13N5. The van der Waals surface area contributed by atoms with Gasteiger partial charge in [0.2, 0.25) is 5.95 Å². The van der Waals surface area contributed by atoms with E-state index >= 15 is 0 Å². The van der Waals surface area contributed by atoms with Gasteiger partial charge in [-0.15, -0.1) is 0 Å². The molecule has 1 aromatic rings. The first-order valence-electron chi connectivity index (χ1n) is 3.68. The number of anilines is 2. The smallest absolute Gasteiger partial charge is 0.239 e. The Morgan fingerprint density at radius 3 is 2.42 bits per heavy atom. The summed E-state index contributed by atoms with van der Waals surface area (Å²) < 4.78 is 0. The van der Waals surface area contributed by atoms with E-state index in [-0.39, 0.29) is 0 Å². The van der Waals surface area contributed by atoms with E-state index in [2.05, 4.69) is 20.7 Å². The van der Waals surface area contributed by atoms with Crippen LogP contribution in [0, 0.1) is 13.8 Å². The van der Waals surface area contributed by atoms with E-state index < -0.39 is 0 Å². The summed E-state index contributed by atoms with van der Waals surface area (Å²) >= 11 is 0. The number of hydrazine groups is 1. The van der Waals surface area contributed by atoms with Gasteiger partial charge in [0.15, 0.2) is 0 Å². The van der Waals surface area contributed by atoms with Gasteiger partial charge in [-0.2, -0.15) is 4.98 Å². The van der Waals surface area contributed by atoms with Crippen LogP contribution in [0.3, 0.4) is 0 Å². The number of hydrogen-bond acceptors (Lipinski definition) is 5. The highest BCUT2D eigenvalue weighted by Gasteiger charge is 2.04. The standard InChI is InChI=1S/C7H13N5/c1-4-5(2)10-7(12-8)11-6(4)9-3/h8H2,1-3H3,(H2,9,10,11,12). The lowest BCUT2D eigenvalue weighted by Gasteiger charge is -2.08. The molecule has 0 bridgehead atoms. The van der Waals surface area contributed by atoms with Gasteiger partial charge in [-0.1, -0.05) is 0 Å². The Hall–Kier alpha value is -1.36. The zero-order valence-electron chi connectivity index (χ0n) is 7.47. The average Bonchev–Trinajstić information content (AvgIpc) is 2.09. The molecular weight excluding hydrogens is 154 g/mol. The van der Waals surface area contributed by atoms with Gasteiger partial charge in [0.25, 0.3) is 0 Å². The topological polar surface area (TPSA) is 75.9 Å². The monoisotopic (exact) mass is 167 g/mol. The van der Waals surface area contributed by atoms with Crippen LogP contribution in [-0.2, 0) is 0 Å². The fraction of sp³-hybridized carbons (Fsp3) is 0.429. The van der Waals surface area contributed by atoms with E-state index in [1.807, 2.05) is 20.9 Å². The van der Waals surface area contributed by atoms with Crippen LogP contribution in [-0.4, -0.2) is 17.0 Å². The van der Waals surface area contributed by atoms with Crippen LogP contribution in [0.4, 0.5) is 11.8 Å². The number of rotatable bonds is 2. The zero-order valence-corrected chi connectivity index (χ0v) is 7.47. The molecule has 1 heterocycles. The minimum absolute atomic E-state index is 0.433. The third-order valence-corrected chi connectivity index (χ3v) is 1.76. The van der Waals surface area contributed by atoms with Crippen LogP contribution in [0.1, 0.15) is 11.3 Å². The van der Waals surface area contributed by atoms with E-state index in [4.69, 9.17) is 5.84 Å². The van der Waals surface area contributed by atoms with Crippen molar-refractivity contribution >= 4 is 11.8 Å². The van der Waals surface area contributed by atoms with Gasteiger partial charge < -0.3 is 5.32 Å². The SMILES string of the molecule is CNc1nc(NN)nc(C)c1C. The van der Waals surface area contributed by atoms with Crippen LogP contribution >= 0.6 is 0 Å². The van der Waals surface area contributed by atoms with Crippen molar-refractivity contribution in [3.05, 3.63) is 11.3 Å². The van der Waals surface area contributed by atoms with Crippen molar-refractivity contribution in [3.63, 3.8) is 0 Å². The molecule has 0 radical (unpaired) electrons. The molecule has 12 heavy (non-hydrogen) atoms. The van der Waals surface area contributed by atoms with E-state index in [1.165, 1.54) is 0 Å². The quantitative estimate of drug-likeness (QED) is 0.439. The summed E-state index contributed by atoms with van der Waals surface area (Å²) in [4.78, 5) is 8.22. The molecule has 66 valence electrons. The van der Waals surface area contributed by atoms with Crippen LogP contribution in [0.15, 0.2) is 0 Å². The van der Waals surface area contributed by atoms with Crippen molar-refractivity contribution in [2.75, 3.05) is 17.8 Å². The fourth-order valence-corrected chi connectivity index (χ4v) is 0.937. The van der Waals surface area contributed by atoms with Gasteiger partial charge in [0, 0.05) is 18.3 Å². The molecule has 0 spiro atoms. The highest BCUT2D eigenvalue weighted by atomic mass is 15.3. The van der Waals surface area contributed by atoms with Gasteiger partial charge in [0.1, 0.15) is 5.82 Å². The molecule has 0 amide bonds. The predicted octanol–water partition coefficient (Wildman–Crippen LogP) is 0.421. The number of nitrogens with zero attached hydrogens (tertiary/aromatic N) is 2. The largest absolute Gasteiger partial charge is 0.373 e. The second kappa shape index (κ2) is 3.36. The Kier molecular flexibility index (Phi) is 2.44. The highest BCUT2D eigenvalue weighted by molar-refractivity contribution is 5.48. The number of aryl methyl sites for hydroxylation is 1. The van der Waals surface area contributed by atoms with Crippen molar-refractivity contribution in [2.45, 2.75) is 13.8 Å². The van der Waals surface area contributed by atoms with E-state index in [1.54, 1.807) is 0 Å². The van der Waals surface area contributed by atoms with Gasteiger partial charge in [0.05, 0.1) is 0 Å². The first-order valence-corrected chi connectivity index (χ1v) is 3.68. The number of hydrogen-bond donors (Lipinski definition) is 3. The molecule has 5 nitrogen and oxygen atoms in total. The maximum atomic E-state index is 5.19. The minimum atomic E-state index is 0.433. The maximum Gasteiger partial charge on any atom is 0.239 e. The van der Waals surface area contributed by atoms with E-state index in [9.17, 15) is 0 Å². The summed E-state index contributed by atoms with van der Waals surface area (Å²) in [6.07, 6.45) is 0. The normalized spacial score (nSPS) is 9.67. The van der Waals surface area contributed by atoms with Crippen LogP contribution in [0.2, 0.25) is 0 Å². The first kappa shape index (κ1) is 8.73. The molecule has 0 aliphatic heterocycles. The summed E-state index contributed by atoms with van der Waals surface area (Å²) in [7, 11) is 1.81. The lowest BCUT2D eigenvalue weighted by molar-refractivity contribution is 1.04. The van der Waals surface area contributed by atoms with Crippen molar-refractivity contribution in [1.82, 2.24) is 9.97 Å². The van der Waals surface area contributed by atoms with E-state index in [0.717, 1.165) is 17.1 Å². The fourth-order valence-electron chi connectivity index (χ4n) is 0.937. The molecule has 0 atom stereocenters. The second-order valence-electron chi connectivity index (χ2n) is 2.50. The predicted molar refractivity (Wildman–Crippen MR) is 48.9 cm³/mol. The Balaban J connectivity index is 3.19.